The Morgan fingerprint density at radius 3 is 2.50 bits per heavy atom. The van der Waals surface area contributed by atoms with E-state index in [1.54, 1.807) is 12.1 Å². The molecule has 1 unspecified atom stereocenters. The van der Waals surface area contributed by atoms with Gasteiger partial charge in [-0.2, -0.15) is 13.2 Å². The highest BCUT2D eigenvalue weighted by atomic mass is 79.9. The summed E-state index contributed by atoms with van der Waals surface area (Å²) in [7, 11) is 0. The maximum atomic E-state index is 13.2. The molecule has 1 atom stereocenters. The Kier molecular flexibility index (Phi) is 3.63. The van der Waals surface area contributed by atoms with Gasteiger partial charge in [0.05, 0.1) is 0 Å². The van der Waals surface area contributed by atoms with Gasteiger partial charge in [-0.25, -0.2) is 5.01 Å². The molecule has 1 amide bonds. The molecule has 1 saturated heterocycles. The Balaban J connectivity index is 2.38. The Morgan fingerprint density at radius 1 is 1.33 bits per heavy atom. The predicted octanol–water partition coefficient (Wildman–Crippen LogP) is 2.79. The third-order valence-electron chi connectivity index (χ3n) is 2.67. The zero-order valence-corrected chi connectivity index (χ0v) is 10.8. The van der Waals surface area contributed by atoms with Gasteiger partial charge in [-0.1, -0.05) is 34.1 Å². The fourth-order valence-electron chi connectivity index (χ4n) is 1.91. The molecular weight excluding hydrogens is 313 g/mol. The highest BCUT2D eigenvalue weighted by Gasteiger charge is 2.47. The summed E-state index contributed by atoms with van der Waals surface area (Å²) in [5.41, 5.74) is 2.33. The van der Waals surface area contributed by atoms with Crippen LogP contribution < -0.4 is 5.43 Å². The van der Waals surface area contributed by atoms with Crippen LogP contribution in [0.4, 0.5) is 13.2 Å². The SMILES string of the molecule is O=C1CCN(C(c2ccccc2Br)C(F)(F)F)N1. The molecule has 18 heavy (non-hydrogen) atoms. The average Bonchev–Trinajstić information content (AvgIpc) is 2.66. The second kappa shape index (κ2) is 4.89. The third-order valence-corrected chi connectivity index (χ3v) is 3.39. The van der Waals surface area contributed by atoms with Crippen molar-refractivity contribution in [3.8, 4) is 0 Å². The molecule has 0 spiro atoms. The summed E-state index contributed by atoms with van der Waals surface area (Å²) in [6.07, 6.45) is -4.38. The Morgan fingerprint density at radius 2 is 2.00 bits per heavy atom. The second-order valence-electron chi connectivity index (χ2n) is 3.94. The van der Waals surface area contributed by atoms with E-state index in [-0.39, 0.29) is 18.5 Å². The molecular formula is C11H10BrF3N2O. The van der Waals surface area contributed by atoms with Crippen molar-refractivity contribution in [1.29, 1.82) is 0 Å². The van der Waals surface area contributed by atoms with Crippen LogP contribution in [0, 0.1) is 0 Å². The molecule has 1 aromatic carbocycles. The fourth-order valence-corrected chi connectivity index (χ4v) is 2.41. The Bertz CT molecular complexity index is 464. The first-order valence-electron chi connectivity index (χ1n) is 5.27. The number of halogens is 4. The number of hydrazine groups is 1. The number of hydrogen-bond donors (Lipinski definition) is 1. The van der Waals surface area contributed by atoms with Crippen molar-refractivity contribution < 1.29 is 18.0 Å². The molecule has 0 aromatic heterocycles. The Labute approximate surface area is 110 Å². The molecule has 1 fully saturated rings. The number of hydrogen-bond acceptors (Lipinski definition) is 2. The minimum absolute atomic E-state index is 0.0460. The average molecular weight is 323 g/mol. The normalized spacial score (nSPS) is 18.8. The molecule has 0 radical (unpaired) electrons. The lowest BCUT2D eigenvalue weighted by atomic mass is 10.1. The van der Waals surface area contributed by atoms with Gasteiger partial charge in [0.1, 0.15) is 0 Å². The standard InChI is InChI=1S/C11H10BrF3N2O/c12-8-4-2-1-3-7(8)10(11(13,14)15)17-6-5-9(18)16-17/h1-4,10H,5-6H2,(H,16,18). The van der Waals surface area contributed by atoms with Crippen LogP contribution in [0.25, 0.3) is 0 Å². The largest absolute Gasteiger partial charge is 0.409 e. The first-order chi connectivity index (χ1) is 8.39. The zero-order chi connectivity index (χ0) is 13.3. The zero-order valence-electron chi connectivity index (χ0n) is 9.17. The van der Waals surface area contributed by atoms with Crippen LogP contribution in [-0.4, -0.2) is 23.6 Å². The fraction of sp³-hybridized carbons (Fsp3) is 0.364. The smallest absolute Gasteiger partial charge is 0.288 e. The molecule has 0 aliphatic carbocycles. The van der Waals surface area contributed by atoms with Crippen LogP contribution in [-0.2, 0) is 4.79 Å². The number of carbonyl (C=O) groups is 1. The highest BCUT2D eigenvalue weighted by molar-refractivity contribution is 9.10. The summed E-state index contributed by atoms with van der Waals surface area (Å²) in [5.74, 6) is -0.392. The molecule has 1 aromatic rings. The van der Waals surface area contributed by atoms with Crippen molar-refractivity contribution >= 4 is 21.8 Å². The molecule has 1 heterocycles. The first kappa shape index (κ1) is 13.4. The monoisotopic (exact) mass is 322 g/mol. The van der Waals surface area contributed by atoms with Crippen LogP contribution in [0.15, 0.2) is 28.7 Å². The number of alkyl halides is 3. The molecule has 1 aliphatic heterocycles. The van der Waals surface area contributed by atoms with E-state index < -0.39 is 18.1 Å². The first-order valence-corrected chi connectivity index (χ1v) is 6.06. The molecule has 0 saturated carbocycles. The van der Waals surface area contributed by atoms with Gasteiger partial charge in [0.25, 0.3) is 0 Å². The van der Waals surface area contributed by atoms with Crippen molar-refractivity contribution in [2.24, 2.45) is 0 Å². The highest BCUT2D eigenvalue weighted by Crippen LogP contribution is 2.40. The molecule has 7 heteroatoms. The lowest BCUT2D eigenvalue weighted by Crippen LogP contribution is -2.43. The van der Waals surface area contributed by atoms with E-state index in [1.165, 1.54) is 12.1 Å². The van der Waals surface area contributed by atoms with E-state index in [0.29, 0.717) is 4.47 Å². The van der Waals surface area contributed by atoms with Crippen molar-refractivity contribution in [3.63, 3.8) is 0 Å². The van der Waals surface area contributed by atoms with Gasteiger partial charge in [0.2, 0.25) is 5.91 Å². The minimum atomic E-state index is -4.46. The summed E-state index contributed by atoms with van der Waals surface area (Å²) in [6, 6.07) is 4.29. The number of rotatable bonds is 2. The van der Waals surface area contributed by atoms with Crippen molar-refractivity contribution in [1.82, 2.24) is 10.4 Å². The summed E-state index contributed by atoms with van der Waals surface area (Å²) < 4.78 is 39.8. The van der Waals surface area contributed by atoms with E-state index in [0.717, 1.165) is 5.01 Å². The van der Waals surface area contributed by atoms with E-state index in [2.05, 4.69) is 21.4 Å². The molecule has 1 N–H and O–H groups in total. The number of amides is 1. The van der Waals surface area contributed by atoms with Crippen molar-refractivity contribution in [3.05, 3.63) is 34.3 Å². The van der Waals surface area contributed by atoms with Crippen LogP contribution in [0.3, 0.4) is 0 Å². The Hall–Kier alpha value is -1.08. The van der Waals surface area contributed by atoms with Gasteiger partial charge in [-0.15, -0.1) is 0 Å². The molecule has 2 rings (SSSR count). The molecule has 3 nitrogen and oxygen atoms in total. The number of benzene rings is 1. The van der Waals surface area contributed by atoms with Gasteiger partial charge in [0.15, 0.2) is 6.04 Å². The lowest BCUT2D eigenvalue weighted by Gasteiger charge is -2.29. The van der Waals surface area contributed by atoms with Gasteiger partial charge < -0.3 is 0 Å². The molecule has 0 bridgehead atoms. The van der Waals surface area contributed by atoms with Gasteiger partial charge in [-0.05, 0) is 11.6 Å². The van der Waals surface area contributed by atoms with E-state index >= 15 is 0 Å². The summed E-state index contributed by atoms with van der Waals surface area (Å²) in [6.45, 7) is 0.0460. The van der Waals surface area contributed by atoms with Crippen molar-refractivity contribution in [2.75, 3.05) is 6.54 Å². The summed E-state index contributed by atoms with van der Waals surface area (Å²) in [5, 5.41) is 0.933. The summed E-state index contributed by atoms with van der Waals surface area (Å²) >= 11 is 3.11. The minimum Gasteiger partial charge on any atom is -0.288 e. The number of carbonyl (C=O) groups excluding carboxylic acids is 1. The number of nitrogens with zero attached hydrogens (tertiary/aromatic N) is 1. The van der Waals surface area contributed by atoms with Gasteiger partial charge in [0, 0.05) is 17.4 Å². The van der Waals surface area contributed by atoms with Crippen LogP contribution in [0.1, 0.15) is 18.0 Å². The molecule has 1 aliphatic rings. The van der Waals surface area contributed by atoms with Gasteiger partial charge >= 0.3 is 6.18 Å². The van der Waals surface area contributed by atoms with Gasteiger partial charge in [-0.3, -0.25) is 10.2 Å². The quantitative estimate of drug-likeness (QED) is 0.908. The van der Waals surface area contributed by atoms with E-state index in [1.807, 2.05) is 0 Å². The molecule has 98 valence electrons. The maximum Gasteiger partial charge on any atom is 0.409 e. The van der Waals surface area contributed by atoms with Crippen LogP contribution in [0.2, 0.25) is 0 Å². The van der Waals surface area contributed by atoms with Crippen LogP contribution >= 0.6 is 15.9 Å². The van der Waals surface area contributed by atoms with E-state index in [9.17, 15) is 18.0 Å². The summed E-state index contributed by atoms with van der Waals surface area (Å²) in [4.78, 5) is 11.1. The maximum absolute atomic E-state index is 13.2. The lowest BCUT2D eigenvalue weighted by molar-refractivity contribution is -0.191. The third kappa shape index (κ3) is 2.67. The van der Waals surface area contributed by atoms with Crippen LogP contribution in [0.5, 0.6) is 0 Å². The van der Waals surface area contributed by atoms with Crippen molar-refractivity contribution in [2.45, 2.75) is 18.6 Å². The predicted molar refractivity (Wildman–Crippen MR) is 62.4 cm³/mol. The topological polar surface area (TPSA) is 32.3 Å². The van der Waals surface area contributed by atoms with E-state index in [4.69, 9.17) is 0 Å². The second-order valence-corrected chi connectivity index (χ2v) is 4.80. The number of nitrogens with one attached hydrogen (secondary N) is 1.